The summed E-state index contributed by atoms with van der Waals surface area (Å²) in [5.74, 6) is -1.06. The van der Waals surface area contributed by atoms with Crippen LogP contribution in [0.25, 0.3) is 0 Å². The summed E-state index contributed by atoms with van der Waals surface area (Å²) in [6, 6.07) is 5.75. The van der Waals surface area contributed by atoms with E-state index < -0.39 is 17.3 Å². The number of amides is 1. The van der Waals surface area contributed by atoms with Crippen LogP contribution in [-0.4, -0.2) is 11.9 Å². The molecule has 16 heavy (non-hydrogen) atoms. The monoisotopic (exact) mass is 222 g/mol. The molecule has 4 nitrogen and oxygen atoms in total. The molecule has 0 spiro atoms. The molecule has 1 aromatic rings. The molecule has 0 fully saturated rings. The fourth-order valence-corrected chi connectivity index (χ4v) is 1.81. The number of carbonyl (C=O) groups excluding carboxylic acids is 1. The van der Waals surface area contributed by atoms with Gasteiger partial charge in [-0.3, -0.25) is 4.79 Å². The lowest BCUT2D eigenvalue weighted by Gasteiger charge is -2.25. The fraction of sp³-hybridized carbons (Fsp3) is 0.273. The highest BCUT2D eigenvalue weighted by atomic mass is 19.1. The molecular formula is C11H11FN2O2. The largest absolute Gasteiger partial charge is 0.443 e. The van der Waals surface area contributed by atoms with E-state index in [1.165, 1.54) is 12.1 Å². The van der Waals surface area contributed by atoms with Gasteiger partial charge in [0.2, 0.25) is 5.60 Å². The van der Waals surface area contributed by atoms with Crippen molar-refractivity contribution in [1.29, 1.82) is 0 Å². The van der Waals surface area contributed by atoms with Crippen molar-refractivity contribution < 1.29 is 13.9 Å². The average Bonchev–Trinajstić information content (AvgIpc) is 2.55. The lowest BCUT2D eigenvalue weighted by molar-refractivity contribution is -0.132. The van der Waals surface area contributed by atoms with Crippen molar-refractivity contribution in [2.24, 2.45) is 10.7 Å². The zero-order valence-electron chi connectivity index (χ0n) is 8.74. The van der Waals surface area contributed by atoms with Crippen molar-refractivity contribution in [3.8, 4) is 0 Å². The molecule has 2 N–H and O–H groups in total. The molecule has 1 amide bonds. The van der Waals surface area contributed by atoms with Crippen LogP contribution < -0.4 is 5.73 Å². The summed E-state index contributed by atoms with van der Waals surface area (Å²) < 4.78 is 18.9. The van der Waals surface area contributed by atoms with Crippen molar-refractivity contribution >= 4 is 11.9 Å². The van der Waals surface area contributed by atoms with Crippen molar-refractivity contribution in [3.63, 3.8) is 0 Å². The lowest BCUT2D eigenvalue weighted by atomic mass is 9.90. The van der Waals surface area contributed by atoms with E-state index in [1.807, 2.05) is 0 Å². The Bertz CT molecular complexity index is 473. The number of hydrogen-bond donors (Lipinski definition) is 1. The number of carbonyl (C=O) groups is 1. The van der Waals surface area contributed by atoms with Gasteiger partial charge in [0.1, 0.15) is 5.82 Å². The Balaban J connectivity index is 2.53. The quantitative estimate of drug-likeness (QED) is 0.820. The van der Waals surface area contributed by atoms with Crippen LogP contribution >= 0.6 is 0 Å². The molecule has 0 saturated heterocycles. The van der Waals surface area contributed by atoms with Gasteiger partial charge in [-0.15, -0.1) is 0 Å². The van der Waals surface area contributed by atoms with Crippen molar-refractivity contribution in [1.82, 2.24) is 0 Å². The molecule has 1 aromatic carbocycles. The third kappa shape index (κ3) is 1.36. The number of nitrogens with two attached hydrogens (primary N) is 1. The maximum absolute atomic E-state index is 13.6. The van der Waals surface area contributed by atoms with Crippen LogP contribution in [0.4, 0.5) is 4.39 Å². The van der Waals surface area contributed by atoms with Gasteiger partial charge in [-0.1, -0.05) is 25.1 Å². The minimum Gasteiger partial charge on any atom is -0.443 e. The Morgan fingerprint density at radius 3 is 2.69 bits per heavy atom. The van der Waals surface area contributed by atoms with E-state index in [4.69, 9.17) is 10.5 Å². The second kappa shape index (κ2) is 3.59. The van der Waals surface area contributed by atoms with Gasteiger partial charge in [0.25, 0.3) is 11.9 Å². The summed E-state index contributed by atoms with van der Waals surface area (Å²) in [4.78, 5) is 15.2. The molecule has 0 bridgehead atoms. The standard InChI is InChI=1S/C11H11FN2O2/c1-2-11(9(15)14-10(13)16-11)7-5-3-4-6-8(7)12/h3-6H,2H2,1H3,(H2,13,14,15). The van der Waals surface area contributed by atoms with Crippen LogP contribution in [0.15, 0.2) is 29.3 Å². The number of nitrogens with zero attached hydrogens (tertiary/aromatic N) is 1. The van der Waals surface area contributed by atoms with Gasteiger partial charge >= 0.3 is 0 Å². The van der Waals surface area contributed by atoms with Crippen LogP contribution in [0.5, 0.6) is 0 Å². The molecule has 0 radical (unpaired) electrons. The Morgan fingerprint density at radius 1 is 1.50 bits per heavy atom. The SMILES string of the molecule is CCC1(c2ccccc2F)OC(N)=NC1=O. The fourth-order valence-electron chi connectivity index (χ4n) is 1.81. The van der Waals surface area contributed by atoms with Gasteiger partial charge in [0, 0.05) is 5.56 Å². The molecular weight excluding hydrogens is 211 g/mol. The second-order valence-corrected chi connectivity index (χ2v) is 3.52. The van der Waals surface area contributed by atoms with E-state index in [0.29, 0.717) is 0 Å². The zero-order chi connectivity index (χ0) is 11.8. The average molecular weight is 222 g/mol. The highest BCUT2D eigenvalue weighted by Crippen LogP contribution is 2.35. The number of hydrogen-bond acceptors (Lipinski definition) is 3. The first-order valence-corrected chi connectivity index (χ1v) is 4.93. The smallest absolute Gasteiger partial charge is 0.299 e. The number of halogens is 1. The maximum atomic E-state index is 13.6. The van der Waals surface area contributed by atoms with E-state index >= 15 is 0 Å². The first-order chi connectivity index (χ1) is 7.60. The van der Waals surface area contributed by atoms with Gasteiger partial charge in [-0.2, -0.15) is 4.99 Å². The topological polar surface area (TPSA) is 64.7 Å². The Hall–Kier alpha value is -1.91. The summed E-state index contributed by atoms with van der Waals surface area (Å²) >= 11 is 0. The van der Waals surface area contributed by atoms with Crippen molar-refractivity contribution in [2.75, 3.05) is 0 Å². The van der Waals surface area contributed by atoms with Crippen LogP contribution in [0.2, 0.25) is 0 Å². The summed E-state index contributed by atoms with van der Waals surface area (Å²) in [7, 11) is 0. The Kier molecular flexibility index (Phi) is 2.38. The molecule has 1 atom stereocenters. The molecule has 1 aliphatic rings. The van der Waals surface area contributed by atoms with E-state index in [0.717, 1.165) is 0 Å². The van der Waals surface area contributed by atoms with Crippen LogP contribution in [0, 0.1) is 5.82 Å². The lowest BCUT2D eigenvalue weighted by Crippen LogP contribution is -2.35. The van der Waals surface area contributed by atoms with Crippen LogP contribution in [0.1, 0.15) is 18.9 Å². The van der Waals surface area contributed by atoms with E-state index in [-0.39, 0.29) is 18.0 Å². The maximum Gasteiger partial charge on any atom is 0.299 e. The van der Waals surface area contributed by atoms with Crippen molar-refractivity contribution in [3.05, 3.63) is 35.6 Å². The van der Waals surface area contributed by atoms with Gasteiger partial charge < -0.3 is 10.5 Å². The second-order valence-electron chi connectivity index (χ2n) is 3.52. The summed E-state index contributed by atoms with van der Waals surface area (Å²) in [5, 5.41) is 0. The molecule has 1 aliphatic heterocycles. The summed E-state index contributed by atoms with van der Waals surface area (Å²) in [5.41, 5.74) is 4.13. The molecule has 2 rings (SSSR count). The molecule has 0 saturated carbocycles. The Labute approximate surface area is 91.9 Å². The minimum absolute atomic E-state index is 0.173. The third-order valence-corrected chi connectivity index (χ3v) is 2.64. The molecule has 0 aliphatic carbocycles. The number of benzene rings is 1. The predicted molar refractivity (Wildman–Crippen MR) is 56.1 cm³/mol. The normalized spacial score (nSPS) is 24.1. The Morgan fingerprint density at radius 2 is 2.19 bits per heavy atom. The number of rotatable bonds is 2. The van der Waals surface area contributed by atoms with Gasteiger partial charge in [0.05, 0.1) is 0 Å². The summed E-state index contributed by atoms with van der Waals surface area (Å²) in [6.45, 7) is 1.72. The van der Waals surface area contributed by atoms with E-state index in [2.05, 4.69) is 4.99 Å². The summed E-state index contributed by atoms with van der Waals surface area (Å²) in [6.07, 6.45) is 0.275. The number of ether oxygens (including phenoxy) is 1. The highest BCUT2D eigenvalue weighted by Gasteiger charge is 2.47. The van der Waals surface area contributed by atoms with E-state index in [1.54, 1.807) is 19.1 Å². The third-order valence-electron chi connectivity index (χ3n) is 2.64. The van der Waals surface area contributed by atoms with Gasteiger partial charge in [-0.05, 0) is 12.5 Å². The molecule has 1 heterocycles. The number of amidine groups is 1. The first kappa shape index (κ1) is 10.6. The van der Waals surface area contributed by atoms with E-state index in [9.17, 15) is 9.18 Å². The predicted octanol–water partition coefficient (Wildman–Crippen LogP) is 1.30. The highest BCUT2D eigenvalue weighted by molar-refractivity contribution is 6.01. The van der Waals surface area contributed by atoms with Crippen LogP contribution in [-0.2, 0) is 15.1 Å². The molecule has 1 unspecified atom stereocenters. The van der Waals surface area contributed by atoms with Crippen molar-refractivity contribution in [2.45, 2.75) is 18.9 Å². The molecule has 0 aromatic heterocycles. The molecule has 84 valence electrons. The van der Waals surface area contributed by atoms with Gasteiger partial charge in [-0.25, -0.2) is 4.39 Å². The minimum atomic E-state index is -1.39. The van der Waals surface area contributed by atoms with Gasteiger partial charge in [0.15, 0.2) is 0 Å². The van der Waals surface area contributed by atoms with Crippen LogP contribution in [0.3, 0.4) is 0 Å². The first-order valence-electron chi connectivity index (χ1n) is 4.93. The zero-order valence-corrected chi connectivity index (χ0v) is 8.74. The molecule has 5 heteroatoms. The number of aliphatic imine (C=N–C) groups is 1.